The Balaban J connectivity index is 1.53. The molecule has 2 fully saturated rings. The predicted molar refractivity (Wildman–Crippen MR) is 77.2 cm³/mol. The van der Waals surface area contributed by atoms with Gasteiger partial charge in [-0.05, 0) is 55.7 Å². The first-order valence-corrected chi connectivity index (χ1v) is 7.28. The molecule has 1 aliphatic carbocycles. The van der Waals surface area contributed by atoms with Crippen LogP contribution in [0.4, 0.5) is 0 Å². The summed E-state index contributed by atoms with van der Waals surface area (Å²) in [7, 11) is 2.10. The van der Waals surface area contributed by atoms with Gasteiger partial charge in [0.05, 0.1) is 0 Å². The van der Waals surface area contributed by atoms with Crippen molar-refractivity contribution in [2.75, 3.05) is 13.1 Å². The van der Waals surface area contributed by atoms with Gasteiger partial charge in [-0.3, -0.25) is 0 Å². The number of nitrogens with one attached hydrogen (secondary N) is 1. The van der Waals surface area contributed by atoms with E-state index in [1.165, 1.54) is 42.7 Å². The first-order valence-electron chi connectivity index (χ1n) is 7.28. The van der Waals surface area contributed by atoms with Gasteiger partial charge in [0.25, 0.3) is 0 Å². The van der Waals surface area contributed by atoms with Crippen molar-refractivity contribution in [3.05, 3.63) is 29.6 Å². The van der Waals surface area contributed by atoms with Crippen LogP contribution in [0.5, 0.6) is 0 Å². The molecule has 0 bridgehead atoms. The summed E-state index contributed by atoms with van der Waals surface area (Å²) < 4.78 is 2.19. The standard InChI is InChI=1S/C16H21N3/c1-11-5-13-3-4-14(18-15(13)19(11)2)6-12-7-16(8-12)9-17-10-16/h3-5,12,17H,6-10H2,1-2H3. The van der Waals surface area contributed by atoms with Gasteiger partial charge in [0.1, 0.15) is 5.65 Å². The maximum Gasteiger partial charge on any atom is 0.140 e. The van der Waals surface area contributed by atoms with Gasteiger partial charge < -0.3 is 9.88 Å². The third-order valence-electron chi connectivity index (χ3n) is 5.12. The monoisotopic (exact) mass is 255 g/mol. The van der Waals surface area contributed by atoms with Gasteiger partial charge in [0.2, 0.25) is 0 Å². The van der Waals surface area contributed by atoms with E-state index in [0.717, 1.165) is 18.0 Å². The molecule has 2 aliphatic rings. The lowest BCUT2D eigenvalue weighted by Crippen LogP contribution is -2.60. The van der Waals surface area contributed by atoms with Crippen LogP contribution < -0.4 is 5.32 Å². The minimum absolute atomic E-state index is 0.677. The van der Waals surface area contributed by atoms with Gasteiger partial charge in [-0.1, -0.05) is 0 Å². The first-order chi connectivity index (χ1) is 9.15. The molecule has 100 valence electrons. The summed E-state index contributed by atoms with van der Waals surface area (Å²) in [5.41, 5.74) is 4.36. The van der Waals surface area contributed by atoms with Crippen LogP contribution in [-0.4, -0.2) is 22.6 Å². The van der Waals surface area contributed by atoms with Crippen LogP contribution in [0.15, 0.2) is 18.2 Å². The fourth-order valence-electron chi connectivity index (χ4n) is 3.85. The average molecular weight is 255 g/mol. The Morgan fingerprint density at radius 2 is 2.16 bits per heavy atom. The van der Waals surface area contributed by atoms with Gasteiger partial charge in [-0.2, -0.15) is 0 Å². The Bertz CT molecular complexity index is 629. The molecule has 0 aromatic carbocycles. The van der Waals surface area contributed by atoms with Gasteiger partial charge >= 0.3 is 0 Å². The van der Waals surface area contributed by atoms with Crippen LogP contribution in [0.3, 0.4) is 0 Å². The highest BCUT2D eigenvalue weighted by Crippen LogP contribution is 2.49. The van der Waals surface area contributed by atoms with E-state index in [1.54, 1.807) is 0 Å². The SMILES string of the molecule is Cc1cc2ccc(CC3CC4(CNC4)C3)nc2n1C. The van der Waals surface area contributed by atoms with Crippen molar-refractivity contribution < 1.29 is 0 Å². The van der Waals surface area contributed by atoms with Crippen molar-refractivity contribution in [1.29, 1.82) is 0 Å². The Morgan fingerprint density at radius 1 is 1.37 bits per heavy atom. The number of fused-ring (bicyclic) bond motifs is 1. The second-order valence-electron chi connectivity index (χ2n) is 6.64. The summed E-state index contributed by atoms with van der Waals surface area (Å²) in [6, 6.07) is 6.65. The number of rotatable bonds is 2. The van der Waals surface area contributed by atoms with Crippen LogP contribution in [0.25, 0.3) is 11.0 Å². The topological polar surface area (TPSA) is 29.9 Å². The fourth-order valence-corrected chi connectivity index (χ4v) is 3.85. The highest BCUT2D eigenvalue weighted by atomic mass is 15.0. The largest absolute Gasteiger partial charge is 0.333 e. The van der Waals surface area contributed by atoms with Crippen molar-refractivity contribution >= 4 is 11.0 Å². The quantitative estimate of drug-likeness (QED) is 0.893. The summed E-state index contributed by atoms with van der Waals surface area (Å²) in [6.45, 7) is 4.63. The molecule has 2 aromatic heterocycles. The molecule has 0 amide bonds. The Labute approximate surface area is 114 Å². The number of hydrogen-bond donors (Lipinski definition) is 1. The van der Waals surface area contributed by atoms with Crippen molar-refractivity contribution in [1.82, 2.24) is 14.9 Å². The van der Waals surface area contributed by atoms with E-state index >= 15 is 0 Å². The van der Waals surface area contributed by atoms with E-state index < -0.39 is 0 Å². The molecule has 0 radical (unpaired) electrons. The van der Waals surface area contributed by atoms with Gasteiger partial charge in [-0.25, -0.2) is 4.98 Å². The number of hydrogen-bond acceptors (Lipinski definition) is 2. The minimum atomic E-state index is 0.677. The molecule has 3 heterocycles. The van der Waals surface area contributed by atoms with Crippen LogP contribution >= 0.6 is 0 Å². The molecule has 1 N–H and O–H groups in total. The lowest BCUT2D eigenvalue weighted by Gasteiger charge is -2.54. The van der Waals surface area contributed by atoms with E-state index in [0.29, 0.717) is 5.41 Å². The Morgan fingerprint density at radius 3 is 2.84 bits per heavy atom. The summed E-state index contributed by atoms with van der Waals surface area (Å²) in [5, 5.41) is 4.66. The van der Waals surface area contributed by atoms with E-state index in [1.807, 2.05) is 0 Å². The van der Waals surface area contributed by atoms with E-state index in [-0.39, 0.29) is 0 Å². The molecular formula is C16H21N3. The number of aryl methyl sites for hydroxylation is 2. The summed E-state index contributed by atoms with van der Waals surface area (Å²) in [4.78, 5) is 4.86. The maximum atomic E-state index is 4.86. The molecule has 1 spiro atoms. The highest BCUT2D eigenvalue weighted by molar-refractivity contribution is 5.77. The third kappa shape index (κ3) is 1.71. The molecule has 1 saturated heterocycles. The molecule has 1 saturated carbocycles. The predicted octanol–water partition coefficient (Wildman–Crippen LogP) is 2.42. The number of aromatic nitrogens is 2. The third-order valence-corrected chi connectivity index (χ3v) is 5.12. The molecule has 2 aromatic rings. The van der Waals surface area contributed by atoms with Crippen molar-refractivity contribution in [3.63, 3.8) is 0 Å². The van der Waals surface area contributed by atoms with E-state index in [9.17, 15) is 0 Å². The van der Waals surface area contributed by atoms with Gasteiger partial charge in [-0.15, -0.1) is 0 Å². The normalized spacial score (nSPS) is 21.6. The second-order valence-corrected chi connectivity index (χ2v) is 6.64. The zero-order chi connectivity index (χ0) is 13.0. The molecule has 0 atom stereocenters. The highest BCUT2D eigenvalue weighted by Gasteiger charge is 2.47. The van der Waals surface area contributed by atoms with Gasteiger partial charge in [0.15, 0.2) is 0 Å². The second kappa shape index (κ2) is 3.83. The average Bonchev–Trinajstić information content (AvgIpc) is 2.57. The molecular weight excluding hydrogens is 234 g/mol. The number of nitrogens with zero attached hydrogens (tertiary/aromatic N) is 2. The van der Waals surface area contributed by atoms with Crippen molar-refractivity contribution in [2.24, 2.45) is 18.4 Å². The number of pyridine rings is 1. The lowest BCUT2D eigenvalue weighted by atomic mass is 9.57. The maximum absolute atomic E-state index is 4.86. The van der Waals surface area contributed by atoms with Crippen LogP contribution in [0, 0.1) is 18.3 Å². The van der Waals surface area contributed by atoms with Crippen LogP contribution in [0.1, 0.15) is 24.2 Å². The summed E-state index contributed by atoms with van der Waals surface area (Å²) in [6.07, 6.45) is 3.94. The van der Waals surface area contributed by atoms with E-state index in [2.05, 4.69) is 42.1 Å². The van der Waals surface area contributed by atoms with E-state index in [4.69, 9.17) is 4.98 Å². The van der Waals surface area contributed by atoms with Crippen molar-refractivity contribution in [2.45, 2.75) is 26.2 Å². The Hall–Kier alpha value is -1.35. The van der Waals surface area contributed by atoms with Crippen LogP contribution in [0.2, 0.25) is 0 Å². The summed E-state index contributed by atoms with van der Waals surface area (Å²) in [5.74, 6) is 0.855. The smallest absolute Gasteiger partial charge is 0.140 e. The lowest BCUT2D eigenvalue weighted by molar-refractivity contribution is 0.000516. The van der Waals surface area contributed by atoms with Crippen molar-refractivity contribution in [3.8, 4) is 0 Å². The molecule has 0 unspecified atom stereocenters. The summed E-state index contributed by atoms with van der Waals surface area (Å²) >= 11 is 0. The van der Waals surface area contributed by atoms with Gasteiger partial charge in [0, 0.05) is 36.9 Å². The molecule has 4 rings (SSSR count). The zero-order valence-corrected chi connectivity index (χ0v) is 11.7. The molecule has 19 heavy (non-hydrogen) atoms. The molecule has 3 nitrogen and oxygen atoms in total. The first kappa shape index (κ1) is 11.5. The fraction of sp³-hybridized carbons (Fsp3) is 0.562. The molecule has 3 heteroatoms. The molecule has 1 aliphatic heterocycles. The Kier molecular flexibility index (Phi) is 2.31. The minimum Gasteiger partial charge on any atom is -0.333 e. The zero-order valence-electron chi connectivity index (χ0n) is 11.7. The van der Waals surface area contributed by atoms with Crippen LogP contribution in [-0.2, 0) is 13.5 Å².